The summed E-state index contributed by atoms with van der Waals surface area (Å²) in [5, 5.41) is 13.4. The number of hydrogen-bond donors (Lipinski definition) is 2. The fourth-order valence-electron chi connectivity index (χ4n) is 1.28. The number of aliphatic hydroxyl groups is 1. The number of nitrogens with two attached hydrogens (primary N) is 1. The highest BCUT2D eigenvalue weighted by molar-refractivity contribution is 5.26. The van der Waals surface area contributed by atoms with Crippen LogP contribution >= 0.6 is 0 Å². The van der Waals surface area contributed by atoms with Crippen molar-refractivity contribution in [1.29, 1.82) is 0 Å². The third-order valence-electron chi connectivity index (χ3n) is 2.20. The van der Waals surface area contributed by atoms with Crippen LogP contribution in [0.15, 0.2) is 4.52 Å². The van der Waals surface area contributed by atoms with E-state index in [4.69, 9.17) is 10.3 Å². The summed E-state index contributed by atoms with van der Waals surface area (Å²) in [5.41, 5.74) is 5.33. The molecule has 0 fully saturated rings. The Kier molecular flexibility index (Phi) is 4.51. The molecule has 0 radical (unpaired) electrons. The van der Waals surface area contributed by atoms with E-state index in [-0.39, 0.29) is 5.89 Å². The maximum absolute atomic E-state index is 9.57. The SMILES string of the molecule is CCN(CC)c1noc(C(O)CCN)n1. The Morgan fingerprint density at radius 2 is 2.13 bits per heavy atom. The van der Waals surface area contributed by atoms with E-state index >= 15 is 0 Å². The number of anilines is 1. The van der Waals surface area contributed by atoms with Gasteiger partial charge in [0.05, 0.1) is 0 Å². The van der Waals surface area contributed by atoms with Crippen LogP contribution in [-0.2, 0) is 0 Å². The van der Waals surface area contributed by atoms with Gasteiger partial charge in [-0.1, -0.05) is 0 Å². The van der Waals surface area contributed by atoms with Crippen LogP contribution in [0.3, 0.4) is 0 Å². The second-order valence-electron chi connectivity index (χ2n) is 3.20. The summed E-state index contributed by atoms with van der Waals surface area (Å²) in [7, 11) is 0. The maximum Gasteiger partial charge on any atom is 0.266 e. The summed E-state index contributed by atoms with van der Waals surface area (Å²) in [6.45, 7) is 6.03. The molecule has 6 heteroatoms. The van der Waals surface area contributed by atoms with Crippen LogP contribution in [0.25, 0.3) is 0 Å². The third kappa shape index (κ3) is 2.90. The molecule has 1 aromatic heterocycles. The van der Waals surface area contributed by atoms with Gasteiger partial charge in [0.15, 0.2) is 0 Å². The largest absolute Gasteiger partial charge is 0.383 e. The zero-order chi connectivity index (χ0) is 11.3. The predicted octanol–water partition coefficient (Wildman–Crippen LogP) is 0.298. The van der Waals surface area contributed by atoms with Crippen LogP contribution in [0.1, 0.15) is 32.3 Å². The van der Waals surface area contributed by atoms with E-state index in [0.717, 1.165) is 13.1 Å². The number of nitrogens with zero attached hydrogens (tertiary/aromatic N) is 3. The van der Waals surface area contributed by atoms with Gasteiger partial charge >= 0.3 is 0 Å². The third-order valence-corrected chi connectivity index (χ3v) is 2.20. The first-order valence-electron chi connectivity index (χ1n) is 5.19. The lowest BCUT2D eigenvalue weighted by atomic mass is 10.2. The number of aliphatic hydroxyl groups excluding tert-OH is 1. The van der Waals surface area contributed by atoms with E-state index in [1.807, 2.05) is 18.7 Å². The van der Waals surface area contributed by atoms with Gasteiger partial charge in [0, 0.05) is 13.1 Å². The van der Waals surface area contributed by atoms with E-state index in [9.17, 15) is 5.11 Å². The smallest absolute Gasteiger partial charge is 0.266 e. The Bertz CT molecular complexity index is 285. The molecule has 0 bridgehead atoms. The number of aromatic nitrogens is 2. The van der Waals surface area contributed by atoms with Crippen molar-refractivity contribution in [3.8, 4) is 0 Å². The van der Waals surface area contributed by atoms with E-state index in [0.29, 0.717) is 18.9 Å². The highest BCUT2D eigenvalue weighted by Gasteiger charge is 2.17. The minimum absolute atomic E-state index is 0.238. The van der Waals surface area contributed by atoms with Crippen molar-refractivity contribution in [2.45, 2.75) is 26.4 Å². The predicted molar refractivity (Wildman–Crippen MR) is 56.5 cm³/mol. The summed E-state index contributed by atoms with van der Waals surface area (Å²) in [6, 6.07) is 0. The highest BCUT2D eigenvalue weighted by Crippen LogP contribution is 2.16. The van der Waals surface area contributed by atoms with Crippen molar-refractivity contribution < 1.29 is 9.63 Å². The van der Waals surface area contributed by atoms with Crippen LogP contribution in [0, 0.1) is 0 Å². The van der Waals surface area contributed by atoms with Crippen molar-refractivity contribution in [1.82, 2.24) is 10.1 Å². The van der Waals surface area contributed by atoms with Gasteiger partial charge in [-0.15, -0.1) is 0 Å². The van der Waals surface area contributed by atoms with Gasteiger partial charge in [-0.05, 0) is 32.0 Å². The monoisotopic (exact) mass is 214 g/mol. The van der Waals surface area contributed by atoms with Gasteiger partial charge in [-0.2, -0.15) is 4.98 Å². The average molecular weight is 214 g/mol. The van der Waals surface area contributed by atoms with Crippen LogP contribution in [0.4, 0.5) is 5.95 Å². The van der Waals surface area contributed by atoms with Gasteiger partial charge in [0.25, 0.3) is 11.8 Å². The molecule has 0 spiro atoms. The van der Waals surface area contributed by atoms with Crippen molar-refractivity contribution in [2.24, 2.45) is 5.73 Å². The van der Waals surface area contributed by atoms with Crippen LogP contribution < -0.4 is 10.6 Å². The molecule has 0 aliphatic heterocycles. The second kappa shape index (κ2) is 5.67. The summed E-state index contributed by atoms with van der Waals surface area (Å²) in [6.07, 6.45) is -0.327. The Hall–Kier alpha value is -1.14. The fraction of sp³-hybridized carbons (Fsp3) is 0.778. The van der Waals surface area contributed by atoms with Crippen LogP contribution in [-0.4, -0.2) is 34.9 Å². The van der Waals surface area contributed by atoms with Crippen LogP contribution in [0.2, 0.25) is 0 Å². The van der Waals surface area contributed by atoms with Gasteiger partial charge in [-0.3, -0.25) is 0 Å². The van der Waals surface area contributed by atoms with Crippen LogP contribution in [0.5, 0.6) is 0 Å². The molecular formula is C9H18N4O2. The Labute approximate surface area is 89.1 Å². The molecule has 1 rings (SSSR count). The minimum Gasteiger partial charge on any atom is -0.383 e. The lowest BCUT2D eigenvalue weighted by Gasteiger charge is -2.14. The zero-order valence-corrected chi connectivity index (χ0v) is 9.18. The quantitative estimate of drug-likeness (QED) is 0.708. The first-order valence-corrected chi connectivity index (χ1v) is 5.19. The number of hydrogen-bond acceptors (Lipinski definition) is 6. The molecule has 3 N–H and O–H groups in total. The second-order valence-corrected chi connectivity index (χ2v) is 3.20. The summed E-state index contributed by atoms with van der Waals surface area (Å²) >= 11 is 0. The van der Waals surface area contributed by atoms with Gasteiger partial charge in [0.2, 0.25) is 0 Å². The summed E-state index contributed by atoms with van der Waals surface area (Å²) in [4.78, 5) is 6.06. The fourth-order valence-corrected chi connectivity index (χ4v) is 1.28. The first-order chi connectivity index (χ1) is 7.22. The molecule has 0 amide bonds. The van der Waals surface area contributed by atoms with E-state index in [2.05, 4.69) is 10.1 Å². The lowest BCUT2D eigenvalue weighted by molar-refractivity contribution is 0.127. The van der Waals surface area contributed by atoms with Crippen molar-refractivity contribution in [3.05, 3.63) is 5.89 Å². The molecule has 6 nitrogen and oxygen atoms in total. The topological polar surface area (TPSA) is 88.4 Å². The van der Waals surface area contributed by atoms with E-state index in [1.54, 1.807) is 0 Å². The van der Waals surface area contributed by atoms with E-state index < -0.39 is 6.10 Å². The van der Waals surface area contributed by atoms with Gasteiger partial charge in [-0.25, -0.2) is 0 Å². The summed E-state index contributed by atoms with van der Waals surface area (Å²) < 4.78 is 4.96. The molecule has 0 saturated carbocycles. The standard InChI is InChI=1S/C9H18N4O2/c1-3-13(4-2)9-11-8(15-12-9)7(14)5-6-10/h7,14H,3-6,10H2,1-2H3. The van der Waals surface area contributed by atoms with Crippen molar-refractivity contribution >= 4 is 5.95 Å². The molecule has 1 heterocycles. The molecule has 15 heavy (non-hydrogen) atoms. The molecule has 0 aliphatic rings. The Morgan fingerprint density at radius 3 is 2.67 bits per heavy atom. The molecule has 0 aromatic carbocycles. The molecule has 0 saturated heterocycles. The normalized spacial score (nSPS) is 12.8. The Morgan fingerprint density at radius 1 is 1.47 bits per heavy atom. The molecular weight excluding hydrogens is 196 g/mol. The maximum atomic E-state index is 9.57. The van der Waals surface area contributed by atoms with Gasteiger partial charge < -0.3 is 20.3 Å². The Balaban J connectivity index is 2.70. The minimum atomic E-state index is -0.758. The van der Waals surface area contributed by atoms with Gasteiger partial charge in [0.1, 0.15) is 6.10 Å². The van der Waals surface area contributed by atoms with E-state index in [1.165, 1.54) is 0 Å². The average Bonchev–Trinajstić information content (AvgIpc) is 2.69. The van der Waals surface area contributed by atoms with Crippen molar-refractivity contribution in [2.75, 3.05) is 24.5 Å². The molecule has 1 unspecified atom stereocenters. The molecule has 1 aromatic rings. The van der Waals surface area contributed by atoms with Crippen molar-refractivity contribution in [3.63, 3.8) is 0 Å². The lowest BCUT2D eigenvalue weighted by Crippen LogP contribution is -2.23. The molecule has 1 atom stereocenters. The molecule has 0 aliphatic carbocycles. The zero-order valence-electron chi connectivity index (χ0n) is 9.18. The number of rotatable bonds is 6. The first kappa shape index (κ1) is 11.9. The highest BCUT2D eigenvalue weighted by atomic mass is 16.5. The molecule has 86 valence electrons. The summed E-state index contributed by atoms with van der Waals surface area (Å²) in [5.74, 6) is 0.758.